The number of oxazole rings is 1. The first-order valence-electron chi connectivity index (χ1n) is 48.8. The molecule has 24 heterocycles. The summed E-state index contributed by atoms with van der Waals surface area (Å²) in [5, 5.41) is 46.7. The van der Waals surface area contributed by atoms with Crippen molar-refractivity contribution in [1.29, 1.82) is 0 Å². The van der Waals surface area contributed by atoms with Gasteiger partial charge >= 0.3 is 0 Å². The third kappa shape index (κ3) is 28.5. The first kappa shape index (κ1) is 110. The van der Waals surface area contributed by atoms with E-state index in [0.717, 1.165) is 211 Å². The first-order chi connectivity index (χ1) is 70.2. The maximum absolute atomic E-state index is 9.55. The van der Waals surface area contributed by atoms with E-state index in [9.17, 15) is 5.11 Å². The Bertz CT molecular complexity index is 5910. The van der Waals surface area contributed by atoms with Crippen LogP contribution in [0.1, 0.15) is 180 Å². The van der Waals surface area contributed by atoms with Gasteiger partial charge in [0.05, 0.1) is 73.9 Å². The van der Waals surface area contributed by atoms with Crippen LogP contribution in [-0.2, 0) is 6.61 Å². The fourth-order valence-electron chi connectivity index (χ4n) is 17.9. The molecule has 0 bridgehead atoms. The van der Waals surface area contributed by atoms with Crippen LogP contribution in [0.2, 0.25) is 18.7 Å². The normalized spacial score (nSPS) is 16.2. The minimum Gasteiger partial charge on any atom is -0.420 e. The number of hydrogen-bond donors (Lipinski definition) is 2. The van der Waals surface area contributed by atoms with Crippen molar-refractivity contribution in [1.82, 2.24) is 54.8 Å². The van der Waals surface area contributed by atoms with Crippen molar-refractivity contribution in [2.45, 2.75) is 188 Å². The van der Waals surface area contributed by atoms with Crippen LogP contribution >= 0.6 is 267 Å². The number of nitrogens with one attached hydrogen (secondary N) is 1. The van der Waals surface area contributed by atoms with Crippen molar-refractivity contribution in [3.8, 4) is 84.8 Å². The summed E-state index contributed by atoms with van der Waals surface area (Å²) in [5.41, 5.74) is 16.2. The van der Waals surface area contributed by atoms with Gasteiger partial charge in [0.25, 0.3) is 0 Å². The molecule has 768 valence electrons. The Morgan fingerprint density at radius 1 is 0.382 bits per heavy atom. The third-order valence-corrected chi connectivity index (χ3v) is 44.8. The van der Waals surface area contributed by atoms with E-state index in [2.05, 4.69) is 247 Å². The van der Waals surface area contributed by atoms with Gasteiger partial charge in [-0.2, -0.15) is 11.3 Å². The lowest BCUT2D eigenvalue weighted by atomic mass is 10.1. The minimum absolute atomic E-state index is 0.102. The van der Waals surface area contributed by atoms with E-state index in [4.69, 9.17) is 74.8 Å². The fourth-order valence-corrected chi connectivity index (χ4v) is 30.9. The number of hydrogen-bond acceptors (Lipinski definition) is 32. The predicted octanol–water partition coefficient (Wildman–Crippen LogP) is 35.1. The van der Waals surface area contributed by atoms with Gasteiger partial charge in [-0.1, -0.05) is 56.7 Å². The lowest BCUT2D eigenvalue weighted by Crippen LogP contribution is -2.30. The molecule has 0 atom stereocenters. The standard InChI is InChI=1S/C15H20N2OS2.C14H18N2S2.2C12H12Br2N2OS.C12H12Cl2N2OS.C12H12Cl2N2S2.C12H14N2S2.C11H13Br2N5/c1-10-11(2)20-13(8-18)14(10)12-9-19-15(16-12)17-6-4-3-5-7-17;1-10-11(2)17-8-12(10)13-9-18-14(15-13)16-6-4-3-5-7-16;13-10-8(7-18-11(10)14)12-15-6-9(17-12)16-4-2-1-3-5-16;2*13-11-8(7-18-12(11)14)9-6-10(17-15-9)16-4-2-1-3-5-16;13-10-8(6-17-11(10)14)9-7-18-12(15-9)16-4-2-1-3-5-16;1-2-5-14(6-3-1)12-13-11(9-16-12)10-4-7-15-8-10;12-9-10(13)18(7-15-9)8-6-14-11(16-8)17-4-2-1-3-5-17/h9,18H,3-8H2,1-2H3;8-9H,3-7H2,1-2H3;4*6-7H,1-5H2;4,7-9H,1-3,5-6H2;6-7H,1-5H2,(H,14,16). The Labute approximate surface area is 956 Å². The second-order valence-corrected chi connectivity index (χ2v) is 53.6. The number of nitrogens with zero attached hydrogens (tertiary/aromatic N) is 18. The van der Waals surface area contributed by atoms with Crippen molar-refractivity contribution >= 4 is 311 Å². The molecule has 2 N–H and O–H groups in total. The molecule has 0 radical (unpaired) electrons. The van der Waals surface area contributed by atoms with Crippen LogP contribution in [0.25, 0.3) is 84.8 Å². The molecule has 0 spiro atoms. The number of aryl methyl sites for hydroxylation is 2. The summed E-state index contributed by atoms with van der Waals surface area (Å²) in [6.45, 7) is 26.4. The van der Waals surface area contributed by atoms with Gasteiger partial charge in [-0.05, 0) is 300 Å². The summed E-state index contributed by atoms with van der Waals surface area (Å²) in [6, 6.07) is 6.11. The molecule has 0 aromatic carbocycles. The molecule has 0 unspecified atom stereocenters. The van der Waals surface area contributed by atoms with E-state index in [1.807, 2.05) is 56.6 Å². The van der Waals surface area contributed by atoms with Crippen LogP contribution in [0.4, 0.5) is 44.1 Å². The van der Waals surface area contributed by atoms with Gasteiger partial charge in [-0.3, -0.25) is 4.57 Å². The Hall–Kier alpha value is -5.13. The molecule has 44 heteroatoms. The summed E-state index contributed by atoms with van der Waals surface area (Å²) in [4.78, 5) is 57.8. The van der Waals surface area contributed by atoms with Crippen molar-refractivity contribution in [3.63, 3.8) is 0 Å². The maximum atomic E-state index is 9.55. The summed E-state index contributed by atoms with van der Waals surface area (Å²) in [5.74, 6) is 5.15. The molecule has 16 aromatic heterocycles. The van der Waals surface area contributed by atoms with Gasteiger partial charge in [0.2, 0.25) is 29.5 Å². The lowest BCUT2D eigenvalue weighted by molar-refractivity contribution is 0.286. The van der Waals surface area contributed by atoms with Crippen LogP contribution in [-0.4, -0.2) is 165 Å². The molecule has 0 amide bonds. The number of piperidine rings is 8. The number of rotatable bonds is 17. The van der Waals surface area contributed by atoms with E-state index in [0.29, 0.717) is 24.6 Å². The van der Waals surface area contributed by atoms with Gasteiger partial charge < -0.3 is 62.8 Å². The zero-order valence-corrected chi connectivity index (χ0v) is 102. The number of imidazole rings is 2. The third-order valence-electron chi connectivity index (χ3n) is 26.2. The van der Waals surface area contributed by atoms with E-state index >= 15 is 0 Å². The number of thiazole rings is 4. The number of aliphatic hydroxyl groups excluding tert-OH is 1. The van der Waals surface area contributed by atoms with Crippen molar-refractivity contribution in [3.05, 3.63) is 166 Å². The van der Waals surface area contributed by atoms with Gasteiger partial charge in [-0.15, -0.1) is 113 Å². The number of thiophene rings is 7. The zero-order chi connectivity index (χ0) is 100. The smallest absolute Gasteiger partial charge is 0.230 e. The van der Waals surface area contributed by atoms with Crippen LogP contribution in [0, 0.1) is 27.7 Å². The molecule has 0 saturated carbocycles. The number of anilines is 8. The number of H-pyrrole nitrogens is 1. The fraction of sp³-hybridized carbons (Fsp3) is 0.450. The van der Waals surface area contributed by atoms with Crippen molar-refractivity contribution in [2.75, 3.05) is 144 Å². The van der Waals surface area contributed by atoms with Crippen LogP contribution < -0.4 is 39.2 Å². The highest BCUT2D eigenvalue weighted by molar-refractivity contribution is 9.14. The molecule has 8 saturated heterocycles. The van der Waals surface area contributed by atoms with Crippen LogP contribution in [0.15, 0.2) is 135 Å². The minimum atomic E-state index is 0.102. The number of aromatic amines is 1. The van der Waals surface area contributed by atoms with Crippen molar-refractivity contribution < 1.29 is 18.6 Å². The Kier molecular flexibility index (Phi) is 41.6. The Morgan fingerprint density at radius 2 is 0.785 bits per heavy atom. The summed E-state index contributed by atoms with van der Waals surface area (Å²) in [6.07, 6.45) is 36.3. The maximum Gasteiger partial charge on any atom is 0.230 e. The highest BCUT2D eigenvalue weighted by atomic mass is 79.9. The van der Waals surface area contributed by atoms with E-state index in [-0.39, 0.29) is 6.61 Å². The molecule has 0 aliphatic carbocycles. The highest BCUT2D eigenvalue weighted by Gasteiger charge is 2.28. The van der Waals surface area contributed by atoms with Crippen LogP contribution in [0.3, 0.4) is 0 Å². The molecular formula is C100H113Br6Cl4N19O4S11. The topological polar surface area (TPSA) is 222 Å². The monoisotopic (exact) mass is 2610 g/mol. The summed E-state index contributed by atoms with van der Waals surface area (Å²) in [7, 11) is 0. The number of aromatic nitrogens is 11. The average molecular weight is 2620 g/mol. The number of aliphatic hydroxyl groups is 1. The first-order valence-corrected chi connectivity index (χ1v) is 64.8. The predicted molar refractivity (Wildman–Crippen MR) is 636 cm³/mol. The average Bonchev–Trinajstić information content (AvgIpc) is 1.61. The van der Waals surface area contributed by atoms with Gasteiger partial charge in [0, 0.05) is 219 Å². The molecular weight excluding hydrogens is 2510 g/mol. The second kappa shape index (κ2) is 54.4. The van der Waals surface area contributed by atoms with E-state index in [1.165, 1.54) is 245 Å². The van der Waals surface area contributed by atoms with Crippen LogP contribution in [0.5, 0.6) is 0 Å². The highest BCUT2D eigenvalue weighted by Crippen LogP contribution is 2.47. The Balaban J connectivity index is 0.000000113. The molecule has 8 aliphatic rings. The SMILES string of the molecule is Brc1ncn(-c2cnc(N3CCCCC3)[nH]2)c1Br.Brc1scc(-c2cc(N3CCCCC3)on2)c1Br.Brc1scc(-c2ncc(N3CCCCC3)o2)c1Br.Cc1sc(CO)c(-c2csc(N3CCCCC3)n2)c1C.Cc1scc(-c2csc(N3CCCCC3)n2)c1C.Clc1scc(-c2cc(N3CCCCC3)on2)c1Cl.Clc1scc(-c2csc(N3CCCCC3)n2)c1Cl.c1cc(-c2csc(N3CCCCC3)n2)cs1. The van der Waals surface area contributed by atoms with E-state index < -0.39 is 0 Å². The zero-order valence-electron chi connectivity index (χ0n) is 80.3. The molecule has 23 nitrogen and oxygen atoms in total. The van der Waals surface area contributed by atoms with Gasteiger partial charge in [0.1, 0.15) is 41.4 Å². The molecule has 24 rings (SSSR count). The molecule has 144 heavy (non-hydrogen) atoms. The summed E-state index contributed by atoms with van der Waals surface area (Å²) >= 11 is 63.5. The van der Waals surface area contributed by atoms with Crippen molar-refractivity contribution in [2.24, 2.45) is 0 Å². The van der Waals surface area contributed by atoms with Gasteiger partial charge in [-0.25, -0.2) is 34.9 Å². The molecule has 8 aliphatic heterocycles. The largest absolute Gasteiger partial charge is 0.420 e. The molecule has 8 fully saturated rings. The van der Waals surface area contributed by atoms with Gasteiger partial charge in [0.15, 0.2) is 20.5 Å². The summed E-state index contributed by atoms with van der Waals surface area (Å²) < 4.78 is 25.8. The Morgan fingerprint density at radius 3 is 1.20 bits per heavy atom. The lowest BCUT2D eigenvalue weighted by Gasteiger charge is -2.25. The quantitative estimate of drug-likeness (QED) is 0.0865. The molecule has 16 aromatic rings. The number of halogens is 10. The second-order valence-electron chi connectivity index (χ2n) is 35.9. The van der Waals surface area contributed by atoms with E-state index in [1.54, 1.807) is 97.0 Å².